The molecule has 1 unspecified atom stereocenters. The van der Waals surface area contributed by atoms with Gasteiger partial charge in [0.25, 0.3) is 0 Å². The van der Waals surface area contributed by atoms with Crippen molar-refractivity contribution in [1.29, 1.82) is 0 Å². The fourth-order valence-corrected chi connectivity index (χ4v) is 3.09. The molecule has 1 fully saturated rings. The van der Waals surface area contributed by atoms with E-state index in [1.54, 1.807) is 6.07 Å². The number of likely N-dealkylation sites (tertiary alicyclic amines) is 1. The van der Waals surface area contributed by atoms with Crippen molar-refractivity contribution >= 4 is 6.03 Å². The lowest BCUT2D eigenvalue weighted by Gasteiger charge is -2.17. The summed E-state index contributed by atoms with van der Waals surface area (Å²) in [5.74, 6) is -0.605. The number of carbonyl (C=O) groups is 1. The van der Waals surface area contributed by atoms with Gasteiger partial charge in [0.1, 0.15) is 24.0 Å². The molecule has 26 heavy (non-hydrogen) atoms. The number of hydrogen-bond acceptors (Lipinski definition) is 3. The van der Waals surface area contributed by atoms with Crippen LogP contribution >= 0.6 is 0 Å². The van der Waals surface area contributed by atoms with Gasteiger partial charge in [-0.05, 0) is 36.2 Å². The van der Waals surface area contributed by atoms with Crippen LogP contribution in [0.5, 0.6) is 5.75 Å². The molecule has 0 aromatic heterocycles. The average molecular weight is 361 g/mol. The molecule has 2 aromatic rings. The van der Waals surface area contributed by atoms with Gasteiger partial charge in [-0.2, -0.15) is 0 Å². The number of hydrogen-bond donors (Lipinski definition) is 2. The van der Waals surface area contributed by atoms with Crippen LogP contribution in [0.3, 0.4) is 0 Å². The SMILES string of the molecule is NC(=O)NC1CCN(Cc2cccc(OCc3ccc(F)cc3F)c2)C1. The normalized spacial score (nSPS) is 17.2. The lowest BCUT2D eigenvalue weighted by Crippen LogP contribution is -2.40. The predicted octanol–water partition coefficient (Wildman–Crippen LogP) is 2.79. The molecule has 138 valence electrons. The van der Waals surface area contributed by atoms with Gasteiger partial charge < -0.3 is 15.8 Å². The van der Waals surface area contributed by atoms with Crippen molar-refractivity contribution in [3.63, 3.8) is 0 Å². The Labute approximate surface area is 150 Å². The number of amides is 2. The number of nitrogens with two attached hydrogens (primary N) is 1. The summed E-state index contributed by atoms with van der Waals surface area (Å²) in [6.07, 6.45) is 0.864. The first-order chi connectivity index (χ1) is 12.5. The van der Waals surface area contributed by atoms with Crippen molar-refractivity contribution in [3.8, 4) is 5.75 Å². The predicted molar refractivity (Wildman–Crippen MR) is 93.5 cm³/mol. The van der Waals surface area contributed by atoms with E-state index in [9.17, 15) is 13.6 Å². The Kier molecular flexibility index (Phi) is 5.68. The zero-order valence-electron chi connectivity index (χ0n) is 14.3. The molecule has 1 saturated heterocycles. The minimum atomic E-state index is -0.619. The highest BCUT2D eigenvalue weighted by molar-refractivity contribution is 5.72. The minimum Gasteiger partial charge on any atom is -0.489 e. The highest BCUT2D eigenvalue weighted by atomic mass is 19.1. The Morgan fingerprint density at radius 3 is 2.88 bits per heavy atom. The van der Waals surface area contributed by atoms with Crippen molar-refractivity contribution in [1.82, 2.24) is 10.2 Å². The molecular formula is C19H21F2N3O2. The number of ether oxygens (including phenoxy) is 1. The summed E-state index contributed by atoms with van der Waals surface area (Å²) in [6, 6.07) is 10.6. The summed E-state index contributed by atoms with van der Waals surface area (Å²) in [5.41, 5.74) is 6.52. The average Bonchev–Trinajstić information content (AvgIpc) is 3.00. The second kappa shape index (κ2) is 8.14. The molecule has 3 N–H and O–H groups in total. The number of carbonyl (C=O) groups excluding carboxylic acids is 1. The second-order valence-corrected chi connectivity index (χ2v) is 6.40. The number of rotatable bonds is 6. The van der Waals surface area contributed by atoms with Crippen LogP contribution in [-0.4, -0.2) is 30.1 Å². The number of benzene rings is 2. The molecule has 1 atom stereocenters. The summed E-state index contributed by atoms with van der Waals surface area (Å²) in [6.45, 7) is 2.37. The summed E-state index contributed by atoms with van der Waals surface area (Å²) in [5, 5.41) is 2.73. The van der Waals surface area contributed by atoms with Gasteiger partial charge in [-0.1, -0.05) is 12.1 Å². The summed E-state index contributed by atoms with van der Waals surface area (Å²) >= 11 is 0. The van der Waals surface area contributed by atoms with Crippen LogP contribution in [0.25, 0.3) is 0 Å². The molecule has 7 heteroatoms. The third kappa shape index (κ3) is 4.92. The Bertz CT molecular complexity index is 785. The van der Waals surface area contributed by atoms with Gasteiger partial charge in [-0.3, -0.25) is 4.90 Å². The van der Waals surface area contributed by atoms with Crippen molar-refractivity contribution in [2.45, 2.75) is 25.6 Å². The molecule has 0 saturated carbocycles. The molecule has 5 nitrogen and oxygen atoms in total. The van der Waals surface area contributed by atoms with Crippen LogP contribution in [0.15, 0.2) is 42.5 Å². The molecule has 2 amide bonds. The van der Waals surface area contributed by atoms with E-state index in [1.807, 2.05) is 18.2 Å². The molecule has 0 aliphatic carbocycles. The molecule has 0 spiro atoms. The van der Waals surface area contributed by atoms with E-state index in [4.69, 9.17) is 10.5 Å². The van der Waals surface area contributed by atoms with Crippen LogP contribution in [0.1, 0.15) is 17.5 Å². The summed E-state index contributed by atoms with van der Waals surface area (Å²) in [4.78, 5) is 13.1. The van der Waals surface area contributed by atoms with Gasteiger partial charge in [-0.15, -0.1) is 0 Å². The Balaban J connectivity index is 1.56. The van der Waals surface area contributed by atoms with E-state index in [2.05, 4.69) is 10.2 Å². The maximum atomic E-state index is 13.7. The maximum absolute atomic E-state index is 13.7. The third-order valence-electron chi connectivity index (χ3n) is 4.33. The highest BCUT2D eigenvalue weighted by Gasteiger charge is 2.23. The molecule has 1 heterocycles. The van der Waals surface area contributed by atoms with Gasteiger partial charge in [-0.25, -0.2) is 13.6 Å². The largest absolute Gasteiger partial charge is 0.489 e. The smallest absolute Gasteiger partial charge is 0.312 e. The van der Waals surface area contributed by atoms with Crippen LogP contribution in [0.2, 0.25) is 0 Å². The van der Waals surface area contributed by atoms with Gasteiger partial charge in [0, 0.05) is 37.3 Å². The maximum Gasteiger partial charge on any atom is 0.312 e. The van der Waals surface area contributed by atoms with Gasteiger partial charge in [0.2, 0.25) is 0 Å². The lowest BCUT2D eigenvalue weighted by molar-refractivity contribution is 0.244. The topological polar surface area (TPSA) is 67.6 Å². The summed E-state index contributed by atoms with van der Waals surface area (Å²) < 4.78 is 32.2. The number of nitrogens with one attached hydrogen (secondary N) is 1. The van der Waals surface area contributed by atoms with Crippen molar-refractivity contribution < 1.29 is 18.3 Å². The summed E-state index contributed by atoms with van der Waals surface area (Å²) in [7, 11) is 0. The zero-order chi connectivity index (χ0) is 18.5. The molecule has 1 aliphatic heterocycles. The van der Waals surface area contributed by atoms with Crippen LogP contribution in [0, 0.1) is 11.6 Å². The van der Waals surface area contributed by atoms with Crippen LogP contribution in [0.4, 0.5) is 13.6 Å². The number of halogens is 2. The third-order valence-corrected chi connectivity index (χ3v) is 4.33. The van der Waals surface area contributed by atoms with Gasteiger partial charge in [0.15, 0.2) is 0 Å². The second-order valence-electron chi connectivity index (χ2n) is 6.40. The van der Waals surface area contributed by atoms with E-state index in [0.29, 0.717) is 11.3 Å². The number of urea groups is 1. The first kappa shape index (κ1) is 18.1. The quantitative estimate of drug-likeness (QED) is 0.831. The van der Waals surface area contributed by atoms with E-state index < -0.39 is 17.7 Å². The Morgan fingerprint density at radius 2 is 2.12 bits per heavy atom. The van der Waals surface area contributed by atoms with E-state index >= 15 is 0 Å². The van der Waals surface area contributed by atoms with E-state index in [1.165, 1.54) is 12.1 Å². The Hall–Kier alpha value is -2.67. The molecule has 1 aliphatic rings. The fraction of sp³-hybridized carbons (Fsp3) is 0.316. The van der Waals surface area contributed by atoms with Gasteiger partial charge in [0.05, 0.1) is 0 Å². The molecule has 3 rings (SSSR count). The standard InChI is InChI=1S/C19H21F2N3O2/c20-15-5-4-14(18(21)9-15)12-26-17-3-1-2-13(8-17)10-24-7-6-16(11-24)23-19(22)25/h1-5,8-9,16H,6-7,10-12H2,(H3,22,23,25). The van der Waals surface area contributed by atoms with Gasteiger partial charge >= 0.3 is 6.03 Å². The van der Waals surface area contributed by atoms with E-state index in [-0.39, 0.29) is 12.6 Å². The first-order valence-electron chi connectivity index (χ1n) is 8.43. The number of nitrogens with zero attached hydrogens (tertiary/aromatic N) is 1. The van der Waals surface area contributed by atoms with E-state index in [0.717, 1.165) is 37.7 Å². The fourth-order valence-electron chi connectivity index (χ4n) is 3.09. The van der Waals surface area contributed by atoms with Crippen LogP contribution in [-0.2, 0) is 13.2 Å². The van der Waals surface area contributed by atoms with Crippen molar-refractivity contribution in [2.24, 2.45) is 5.73 Å². The monoisotopic (exact) mass is 361 g/mol. The molecule has 0 radical (unpaired) electrons. The first-order valence-corrected chi connectivity index (χ1v) is 8.43. The number of primary amides is 1. The van der Waals surface area contributed by atoms with Crippen molar-refractivity contribution in [3.05, 3.63) is 65.2 Å². The van der Waals surface area contributed by atoms with Crippen LogP contribution < -0.4 is 15.8 Å². The highest BCUT2D eigenvalue weighted by Crippen LogP contribution is 2.20. The Morgan fingerprint density at radius 1 is 1.27 bits per heavy atom. The molecule has 0 bridgehead atoms. The van der Waals surface area contributed by atoms with Crippen molar-refractivity contribution in [2.75, 3.05) is 13.1 Å². The molecular weight excluding hydrogens is 340 g/mol. The molecule has 2 aromatic carbocycles. The minimum absolute atomic E-state index is 0.0316. The lowest BCUT2D eigenvalue weighted by atomic mass is 10.2. The zero-order valence-corrected chi connectivity index (χ0v) is 14.3.